The Balaban J connectivity index is 2.47. The maximum Gasteiger partial charge on any atom is 0.138 e. The van der Waals surface area contributed by atoms with E-state index in [-0.39, 0.29) is 6.04 Å². The van der Waals surface area contributed by atoms with Crippen LogP contribution in [-0.2, 0) is 13.0 Å². The van der Waals surface area contributed by atoms with E-state index in [0.717, 1.165) is 25.2 Å². The van der Waals surface area contributed by atoms with Crippen LogP contribution in [0.3, 0.4) is 0 Å². The minimum absolute atomic E-state index is 0.203. The largest absolute Gasteiger partial charge is 0.327 e. The minimum Gasteiger partial charge on any atom is -0.327 e. The molecule has 2 atom stereocenters. The molecule has 1 aromatic rings. The van der Waals surface area contributed by atoms with Crippen LogP contribution in [0.4, 0.5) is 0 Å². The first kappa shape index (κ1) is 12.2. The zero-order valence-electron chi connectivity index (χ0n) is 9.98. The van der Waals surface area contributed by atoms with Gasteiger partial charge in [-0.05, 0) is 19.3 Å². The van der Waals surface area contributed by atoms with Gasteiger partial charge in [-0.1, -0.05) is 20.3 Å². The molecule has 0 aromatic carbocycles. The van der Waals surface area contributed by atoms with Crippen LogP contribution in [0.1, 0.15) is 39.4 Å². The molecular weight excluding hydrogens is 188 g/mol. The normalized spacial score (nSPS) is 15.2. The fraction of sp³-hybridized carbons (Fsp3) is 0.818. The van der Waals surface area contributed by atoms with Gasteiger partial charge in [0.25, 0.3) is 0 Å². The summed E-state index contributed by atoms with van der Waals surface area (Å²) in [4.78, 5) is 4.23. The average Bonchev–Trinajstić information content (AvgIpc) is 2.64. The summed E-state index contributed by atoms with van der Waals surface area (Å²) in [5.41, 5.74) is 6.08. The van der Waals surface area contributed by atoms with Gasteiger partial charge in [-0.2, -0.15) is 5.10 Å². The fourth-order valence-corrected chi connectivity index (χ4v) is 1.71. The molecule has 0 aliphatic carbocycles. The Labute approximate surface area is 91.9 Å². The molecule has 2 N–H and O–H groups in total. The monoisotopic (exact) mass is 210 g/mol. The molecule has 4 heteroatoms. The SMILES string of the molecule is CCC(C)CC(N)Cc1ncnn1CC. The van der Waals surface area contributed by atoms with Crippen molar-refractivity contribution in [3.63, 3.8) is 0 Å². The van der Waals surface area contributed by atoms with Gasteiger partial charge in [0, 0.05) is 19.0 Å². The van der Waals surface area contributed by atoms with Crippen LogP contribution >= 0.6 is 0 Å². The molecule has 0 bridgehead atoms. The van der Waals surface area contributed by atoms with E-state index >= 15 is 0 Å². The van der Waals surface area contributed by atoms with E-state index in [1.807, 2.05) is 4.68 Å². The van der Waals surface area contributed by atoms with Crippen molar-refractivity contribution in [2.24, 2.45) is 11.7 Å². The lowest BCUT2D eigenvalue weighted by atomic mass is 9.98. The Bertz CT molecular complexity index is 282. The fourth-order valence-electron chi connectivity index (χ4n) is 1.71. The van der Waals surface area contributed by atoms with Crippen molar-refractivity contribution in [1.82, 2.24) is 14.8 Å². The maximum atomic E-state index is 6.08. The number of hydrogen-bond acceptors (Lipinski definition) is 3. The number of nitrogens with two attached hydrogens (primary N) is 1. The molecule has 15 heavy (non-hydrogen) atoms. The molecule has 0 spiro atoms. The van der Waals surface area contributed by atoms with Crippen LogP contribution in [-0.4, -0.2) is 20.8 Å². The standard InChI is InChI=1S/C11H22N4/c1-4-9(3)6-10(12)7-11-13-8-14-15(11)5-2/h8-10H,4-7,12H2,1-3H3. The van der Waals surface area contributed by atoms with Crippen molar-refractivity contribution in [3.8, 4) is 0 Å². The second-order valence-corrected chi connectivity index (χ2v) is 4.21. The van der Waals surface area contributed by atoms with Gasteiger partial charge in [0.2, 0.25) is 0 Å². The van der Waals surface area contributed by atoms with E-state index < -0.39 is 0 Å². The van der Waals surface area contributed by atoms with Gasteiger partial charge in [-0.15, -0.1) is 0 Å². The minimum atomic E-state index is 0.203. The molecule has 2 unspecified atom stereocenters. The van der Waals surface area contributed by atoms with Gasteiger partial charge in [0.1, 0.15) is 12.2 Å². The summed E-state index contributed by atoms with van der Waals surface area (Å²) in [5, 5.41) is 4.14. The van der Waals surface area contributed by atoms with Crippen LogP contribution in [0, 0.1) is 5.92 Å². The van der Waals surface area contributed by atoms with Crippen molar-refractivity contribution in [3.05, 3.63) is 12.2 Å². The van der Waals surface area contributed by atoms with E-state index in [0.29, 0.717) is 5.92 Å². The van der Waals surface area contributed by atoms with Gasteiger partial charge in [0.15, 0.2) is 0 Å². The van der Waals surface area contributed by atoms with Crippen molar-refractivity contribution in [1.29, 1.82) is 0 Å². The van der Waals surface area contributed by atoms with E-state index in [1.165, 1.54) is 6.42 Å². The Morgan fingerprint density at radius 3 is 2.80 bits per heavy atom. The molecule has 0 saturated heterocycles. The molecule has 1 aromatic heterocycles. The van der Waals surface area contributed by atoms with Crippen LogP contribution in [0.2, 0.25) is 0 Å². The van der Waals surface area contributed by atoms with Gasteiger partial charge in [-0.3, -0.25) is 4.68 Å². The number of nitrogens with zero attached hydrogens (tertiary/aromatic N) is 3. The molecule has 0 aliphatic heterocycles. The van der Waals surface area contributed by atoms with Crippen molar-refractivity contribution in [2.75, 3.05) is 0 Å². The topological polar surface area (TPSA) is 56.7 Å². The highest BCUT2D eigenvalue weighted by atomic mass is 15.3. The number of aromatic nitrogens is 3. The molecule has 0 radical (unpaired) electrons. The maximum absolute atomic E-state index is 6.08. The van der Waals surface area contributed by atoms with Crippen molar-refractivity contribution < 1.29 is 0 Å². The molecular formula is C11H22N4. The Morgan fingerprint density at radius 2 is 2.20 bits per heavy atom. The van der Waals surface area contributed by atoms with Gasteiger partial charge in [0.05, 0.1) is 0 Å². The van der Waals surface area contributed by atoms with E-state index in [2.05, 4.69) is 30.9 Å². The highest BCUT2D eigenvalue weighted by Gasteiger charge is 2.11. The molecule has 1 heterocycles. The van der Waals surface area contributed by atoms with Gasteiger partial charge >= 0.3 is 0 Å². The number of hydrogen-bond donors (Lipinski definition) is 1. The zero-order chi connectivity index (χ0) is 11.3. The second-order valence-electron chi connectivity index (χ2n) is 4.21. The summed E-state index contributed by atoms with van der Waals surface area (Å²) in [6.07, 6.45) is 4.69. The molecule has 0 amide bonds. The summed E-state index contributed by atoms with van der Waals surface area (Å²) in [6.45, 7) is 7.38. The predicted molar refractivity (Wildman–Crippen MR) is 61.4 cm³/mol. The average molecular weight is 210 g/mol. The van der Waals surface area contributed by atoms with Crippen LogP contribution in [0.25, 0.3) is 0 Å². The lowest BCUT2D eigenvalue weighted by Crippen LogP contribution is -2.27. The molecule has 1 rings (SSSR count). The van der Waals surface area contributed by atoms with Crippen LogP contribution < -0.4 is 5.73 Å². The summed E-state index contributed by atoms with van der Waals surface area (Å²) in [6, 6.07) is 0.203. The van der Waals surface area contributed by atoms with Crippen molar-refractivity contribution >= 4 is 0 Å². The third kappa shape index (κ3) is 3.63. The Hall–Kier alpha value is -0.900. The summed E-state index contributed by atoms with van der Waals surface area (Å²) in [5.74, 6) is 1.70. The number of aryl methyl sites for hydroxylation is 1. The highest BCUT2D eigenvalue weighted by molar-refractivity contribution is 4.89. The van der Waals surface area contributed by atoms with Crippen LogP contribution in [0.5, 0.6) is 0 Å². The van der Waals surface area contributed by atoms with E-state index in [1.54, 1.807) is 6.33 Å². The third-order valence-electron chi connectivity index (χ3n) is 2.84. The smallest absolute Gasteiger partial charge is 0.138 e. The molecule has 0 fully saturated rings. The molecule has 0 aliphatic rings. The second kappa shape index (κ2) is 5.85. The number of rotatable bonds is 6. The van der Waals surface area contributed by atoms with Crippen LogP contribution in [0.15, 0.2) is 6.33 Å². The Morgan fingerprint density at radius 1 is 1.47 bits per heavy atom. The summed E-state index contributed by atoms with van der Waals surface area (Å²) < 4.78 is 1.91. The highest BCUT2D eigenvalue weighted by Crippen LogP contribution is 2.11. The van der Waals surface area contributed by atoms with Gasteiger partial charge in [-0.25, -0.2) is 4.98 Å². The van der Waals surface area contributed by atoms with Gasteiger partial charge < -0.3 is 5.73 Å². The molecule has 86 valence electrons. The quantitative estimate of drug-likeness (QED) is 0.776. The summed E-state index contributed by atoms with van der Waals surface area (Å²) >= 11 is 0. The first-order valence-corrected chi connectivity index (χ1v) is 5.79. The first-order valence-electron chi connectivity index (χ1n) is 5.79. The van der Waals surface area contributed by atoms with Crippen molar-refractivity contribution in [2.45, 2.75) is 52.6 Å². The van der Waals surface area contributed by atoms with E-state index in [4.69, 9.17) is 5.73 Å². The lowest BCUT2D eigenvalue weighted by molar-refractivity contribution is 0.439. The zero-order valence-corrected chi connectivity index (χ0v) is 9.98. The molecule has 0 saturated carbocycles. The lowest BCUT2D eigenvalue weighted by Gasteiger charge is -2.15. The summed E-state index contributed by atoms with van der Waals surface area (Å²) in [7, 11) is 0. The molecule has 4 nitrogen and oxygen atoms in total. The third-order valence-corrected chi connectivity index (χ3v) is 2.84. The predicted octanol–water partition coefficient (Wildman–Crippen LogP) is 1.60. The first-order chi connectivity index (χ1) is 7.17. The Kier molecular flexibility index (Phi) is 4.75. The van der Waals surface area contributed by atoms with E-state index in [9.17, 15) is 0 Å².